The Hall–Kier alpha value is -1.77. The number of rotatable bonds is 4. The Morgan fingerprint density at radius 3 is 2.81 bits per heavy atom. The maximum absolute atomic E-state index is 12.0. The third kappa shape index (κ3) is 4.35. The van der Waals surface area contributed by atoms with Crippen molar-refractivity contribution >= 4 is 12.0 Å². The van der Waals surface area contributed by atoms with Crippen molar-refractivity contribution in [2.45, 2.75) is 46.1 Å². The summed E-state index contributed by atoms with van der Waals surface area (Å²) in [5.74, 6) is 0.757. The van der Waals surface area contributed by atoms with Crippen molar-refractivity contribution < 1.29 is 9.53 Å². The number of methoxy groups -OCH3 is 1. The summed E-state index contributed by atoms with van der Waals surface area (Å²) in [5, 5.41) is 3.09. The predicted molar refractivity (Wildman–Crippen MR) is 86.3 cm³/mol. The first-order chi connectivity index (χ1) is 9.89. The second-order valence-corrected chi connectivity index (χ2v) is 6.69. The third-order valence-corrected chi connectivity index (χ3v) is 4.11. The molecule has 1 fully saturated rings. The van der Waals surface area contributed by atoms with E-state index in [0.29, 0.717) is 11.5 Å². The fourth-order valence-corrected chi connectivity index (χ4v) is 2.96. The van der Waals surface area contributed by atoms with Gasteiger partial charge in [-0.05, 0) is 49.8 Å². The molecule has 3 heteroatoms. The number of hydrogen-bond donors (Lipinski definition) is 1. The summed E-state index contributed by atoms with van der Waals surface area (Å²) in [4.78, 5) is 12.0. The van der Waals surface area contributed by atoms with E-state index in [2.05, 4.69) is 19.2 Å². The molecular formula is C18H25NO2. The van der Waals surface area contributed by atoms with Gasteiger partial charge in [0.05, 0.1) is 7.11 Å². The summed E-state index contributed by atoms with van der Waals surface area (Å²) >= 11 is 0. The van der Waals surface area contributed by atoms with E-state index in [4.69, 9.17) is 4.74 Å². The summed E-state index contributed by atoms with van der Waals surface area (Å²) in [6, 6.07) is 6.24. The second kappa shape index (κ2) is 6.33. The van der Waals surface area contributed by atoms with E-state index in [0.717, 1.165) is 29.7 Å². The van der Waals surface area contributed by atoms with Gasteiger partial charge < -0.3 is 10.1 Å². The van der Waals surface area contributed by atoms with Crippen LogP contribution in [0.15, 0.2) is 24.3 Å². The average Bonchev–Trinajstić information content (AvgIpc) is 2.75. The van der Waals surface area contributed by atoms with E-state index in [1.807, 2.05) is 31.2 Å². The Balaban J connectivity index is 1.98. The molecule has 1 atom stereocenters. The molecular weight excluding hydrogens is 262 g/mol. The van der Waals surface area contributed by atoms with Gasteiger partial charge in [0.15, 0.2) is 0 Å². The number of ether oxygens (including phenoxy) is 1. The topological polar surface area (TPSA) is 38.3 Å². The first kappa shape index (κ1) is 15.6. The van der Waals surface area contributed by atoms with Crippen LogP contribution in [0.25, 0.3) is 6.08 Å². The minimum absolute atomic E-state index is 0.0266. The highest BCUT2D eigenvalue weighted by Crippen LogP contribution is 2.36. The molecule has 1 aromatic carbocycles. The molecule has 0 saturated heterocycles. The number of carbonyl (C=O) groups is 1. The lowest BCUT2D eigenvalue weighted by Gasteiger charge is -2.17. The molecule has 1 aromatic rings. The molecule has 2 rings (SSSR count). The Bertz CT molecular complexity index is 546. The zero-order valence-corrected chi connectivity index (χ0v) is 13.4. The Morgan fingerprint density at radius 1 is 1.43 bits per heavy atom. The molecule has 1 unspecified atom stereocenters. The Kier molecular flexibility index (Phi) is 4.71. The smallest absolute Gasteiger partial charge is 0.244 e. The van der Waals surface area contributed by atoms with Crippen LogP contribution in [0.2, 0.25) is 0 Å². The minimum Gasteiger partial charge on any atom is -0.496 e. The van der Waals surface area contributed by atoms with E-state index in [9.17, 15) is 4.79 Å². The Labute approximate surface area is 127 Å². The van der Waals surface area contributed by atoms with Gasteiger partial charge in [-0.15, -0.1) is 0 Å². The van der Waals surface area contributed by atoms with Gasteiger partial charge in [-0.25, -0.2) is 0 Å². The molecule has 0 spiro atoms. The first-order valence-electron chi connectivity index (χ1n) is 7.53. The van der Waals surface area contributed by atoms with Crippen LogP contribution in [0.4, 0.5) is 0 Å². The molecule has 1 aliphatic carbocycles. The van der Waals surface area contributed by atoms with Crippen molar-refractivity contribution in [3.05, 3.63) is 35.4 Å². The predicted octanol–water partition coefficient (Wildman–Crippen LogP) is 3.71. The molecule has 0 radical (unpaired) electrons. The average molecular weight is 287 g/mol. The molecule has 0 aromatic heterocycles. The van der Waals surface area contributed by atoms with Gasteiger partial charge in [-0.3, -0.25) is 4.79 Å². The van der Waals surface area contributed by atoms with E-state index in [1.165, 1.54) is 6.42 Å². The summed E-state index contributed by atoms with van der Waals surface area (Å²) < 4.78 is 5.31. The van der Waals surface area contributed by atoms with Crippen LogP contribution in [-0.2, 0) is 4.79 Å². The minimum atomic E-state index is -0.0266. The van der Waals surface area contributed by atoms with Gasteiger partial charge in [0, 0.05) is 17.7 Å². The summed E-state index contributed by atoms with van der Waals surface area (Å²) in [6.07, 6.45) is 6.72. The van der Waals surface area contributed by atoms with Gasteiger partial charge >= 0.3 is 0 Å². The van der Waals surface area contributed by atoms with E-state index >= 15 is 0 Å². The monoisotopic (exact) mass is 287 g/mol. The number of aryl methyl sites for hydroxylation is 1. The number of nitrogens with one attached hydrogen (secondary N) is 1. The third-order valence-electron chi connectivity index (χ3n) is 4.11. The molecule has 0 aliphatic heterocycles. The maximum atomic E-state index is 12.0. The van der Waals surface area contributed by atoms with Crippen LogP contribution in [0.5, 0.6) is 5.75 Å². The number of hydrogen-bond acceptors (Lipinski definition) is 2. The largest absolute Gasteiger partial charge is 0.496 e. The fourth-order valence-electron chi connectivity index (χ4n) is 2.96. The molecule has 114 valence electrons. The highest BCUT2D eigenvalue weighted by atomic mass is 16.5. The van der Waals surface area contributed by atoms with E-state index in [1.54, 1.807) is 13.2 Å². The second-order valence-electron chi connectivity index (χ2n) is 6.69. The van der Waals surface area contributed by atoms with E-state index < -0.39 is 0 Å². The highest BCUT2D eigenvalue weighted by molar-refractivity contribution is 5.92. The van der Waals surface area contributed by atoms with Crippen molar-refractivity contribution in [3.8, 4) is 5.75 Å². The molecule has 1 N–H and O–H groups in total. The van der Waals surface area contributed by atoms with Crippen LogP contribution in [0, 0.1) is 12.3 Å². The van der Waals surface area contributed by atoms with Crippen molar-refractivity contribution in [2.24, 2.45) is 5.41 Å². The standard InChI is InChI=1S/C18H25NO2/c1-13-5-7-16(21-4)14(11-13)6-8-17(20)19-15-9-10-18(2,3)12-15/h5-8,11,15H,9-10,12H2,1-4H3,(H,19,20)/b8-6+. The molecule has 1 saturated carbocycles. The lowest BCUT2D eigenvalue weighted by Crippen LogP contribution is -2.32. The molecule has 1 aliphatic rings. The molecule has 21 heavy (non-hydrogen) atoms. The number of benzene rings is 1. The van der Waals surface area contributed by atoms with Crippen molar-refractivity contribution in [1.82, 2.24) is 5.32 Å². The molecule has 1 amide bonds. The molecule has 0 heterocycles. The van der Waals surface area contributed by atoms with Gasteiger partial charge in [-0.1, -0.05) is 25.5 Å². The van der Waals surface area contributed by atoms with Crippen molar-refractivity contribution in [1.29, 1.82) is 0 Å². The SMILES string of the molecule is COc1ccc(C)cc1/C=C/C(=O)NC1CCC(C)(C)C1. The summed E-state index contributed by atoms with van der Waals surface area (Å²) in [7, 11) is 1.64. The van der Waals surface area contributed by atoms with Crippen LogP contribution in [-0.4, -0.2) is 19.1 Å². The van der Waals surface area contributed by atoms with Gasteiger partial charge in [0.1, 0.15) is 5.75 Å². The highest BCUT2D eigenvalue weighted by Gasteiger charge is 2.31. The lowest BCUT2D eigenvalue weighted by molar-refractivity contribution is -0.117. The quantitative estimate of drug-likeness (QED) is 0.857. The molecule has 3 nitrogen and oxygen atoms in total. The summed E-state index contributed by atoms with van der Waals surface area (Å²) in [6.45, 7) is 6.54. The lowest BCUT2D eigenvalue weighted by atomic mass is 9.92. The number of amides is 1. The van der Waals surface area contributed by atoms with Gasteiger partial charge in [0.2, 0.25) is 5.91 Å². The Morgan fingerprint density at radius 2 is 2.19 bits per heavy atom. The van der Waals surface area contributed by atoms with Crippen molar-refractivity contribution in [2.75, 3.05) is 7.11 Å². The van der Waals surface area contributed by atoms with Crippen LogP contribution in [0.3, 0.4) is 0 Å². The zero-order valence-electron chi connectivity index (χ0n) is 13.4. The van der Waals surface area contributed by atoms with E-state index in [-0.39, 0.29) is 5.91 Å². The normalized spacial score (nSPS) is 20.7. The van der Waals surface area contributed by atoms with Crippen LogP contribution >= 0.6 is 0 Å². The number of carbonyl (C=O) groups excluding carboxylic acids is 1. The van der Waals surface area contributed by atoms with Gasteiger partial charge in [-0.2, -0.15) is 0 Å². The molecule has 0 bridgehead atoms. The first-order valence-corrected chi connectivity index (χ1v) is 7.53. The summed E-state index contributed by atoms with van der Waals surface area (Å²) in [5.41, 5.74) is 2.43. The van der Waals surface area contributed by atoms with Crippen LogP contribution < -0.4 is 10.1 Å². The zero-order chi connectivity index (χ0) is 15.5. The maximum Gasteiger partial charge on any atom is 0.244 e. The van der Waals surface area contributed by atoms with Gasteiger partial charge in [0.25, 0.3) is 0 Å². The van der Waals surface area contributed by atoms with Crippen LogP contribution in [0.1, 0.15) is 44.2 Å². The van der Waals surface area contributed by atoms with Crippen molar-refractivity contribution in [3.63, 3.8) is 0 Å². The fraction of sp³-hybridized carbons (Fsp3) is 0.500.